The van der Waals surface area contributed by atoms with Crippen molar-refractivity contribution in [3.05, 3.63) is 40.2 Å². The van der Waals surface area contributed by atoms with E-state index in [9.17, 15) is 4.79 Å². The lowest BCUT2D eigenvalue weighted by atomic mass is 10.4. The van der Waals surface area contributed by atoms with Crippen molar-refractivity contribution in [1.29, 1.82) is 0 Å². The molecule has 0 saturated heterocycles. The largest absolute Gasteiger partial charge is 0.468 e. The molecule has 0 fully saturated rings. The van der Waals surface area contributed by atoms with E-state index in [-0.39, 0.29) is 18.1 Å². The summed E-state index contributed by atoms with van der Waals surface area (Å²) in [7, 11) is 1.46. The number of nitrogens with zero attached hydrogens (tertiary/aromatic N) is 4. The third-order valence-electron chi connectivity index (χ3n) is 2.46. The second-order valence-corrected chi connectivity index (χ2v) is 3.85. The Balaban J connectivity index is 2.34. The van der Waals surface area contributed by atoms with Gasteiger partial charge in [-0.1, -0.05) is 0 Å². The highest BCUT2D eigenvalue weighted by molar-refractivity contribution is 5.28. The van der Waals surface area contributed by atoms with Crippen LogP contribution in [0.3, 0.4) is 0 Å². The van der Waals surface area contributed by atoms with Gasteiger partial charge in [0, 0.05) is 11.8 Å². The standard InChI is InChI=1S/C11H14N6O2/c1-7-3-10(18)17(11(15-7)19-2)6-8-4-14-9(16-12)5-13-8/h3-5H,6,12H2,1-2H3,(H,14,16). The molecule has 0 atom stereocenters. The molecule has 0 radical (unpaired) electrons. The van der Waals surface area contributed by atoms with E-state index in [4.69, 9.17) is 10.6 Å². The Morgan fingerprint density at radius 1 is 1.42 bits per heavy atom. The van der Waals surface area contributed by atoms with Crippen LogP contribution in [0.4, 0.5) is 5.82 Å². The molecule has 0 amide bonds. The summed E-state index contributed by atoms with van der Waals surface area (Å²) >= 11 is 0. The van der Waals surface area contributed by atoms with Crippen LogP contribution in [0.1, 0.15) is 11.4 Å². The molecule has 0 spiro atoms. The molecule has 0 aliphatic rings. The van der Waals surface area contributed by atoms with Gasteiger partial charge in [-0.15, -0.1) is 0 Å². The van der Waals surface area contributed by atoms with Crippen LogP contribution in [0.5, 0.6) is 6.01 Å². The van der Waals surface area contributed by atoms with Crippen LogP contribution in [0.15, 0.2) is 23.3 Å². The zero-order valence-corrected chi connectivity index (χ0v) is 10.6. The van der Waals surface area contributed by atoms with Gasteiger partial charge in [-0.3, -0.25) is 14.3 Å². The average molecular weight is 262 g/mol. The number of ether oxygens (including phenoxy) is 1. The van der Waals surface area contributed by atoms with Crippen molar-refractivity contribution >= 4 is 5.82 Å². The average Bonchev–Trinajstić information content (AvgIpc) is 2.42. The molecule has 2 aromatic heterocycles. The number of aryl methyl sites for hydroxylation is 1. The van der Waals surface area contributed by atoms with Crippen LogP contribution < -0.4 is 21.6 Å². The van der Waals surface area contributed by atoms with E-state index in [0.717, 1.165) is 0 Å². The van der Waals surface area contributed by atoms with Crippen LogP contribution in [-0.2, 0) is 6.54 Å². The normalized spacial score (nSPS) is 10.3. The van der Waals surface area contributed by atoms with Gasteiger partial charge in [-0.05, 0) is 6.92 Å². The molecule has 0 bridgehead atoms. The van der Waals surface area contributed by atoms with Gasteiger partial charge >= 0.3 is 0 Å². The first-order valence-corrected chi connectivity index (χ1v) is 5.54. The van der Waals surface area contributed by atoms with Crippen LogP contribution in [0.25, 0.3) is 0 Å². The molecular formula is C11H14N6O2. The van der Waals surface area contributed by atoms with Crippen LogP contribution in [0.2, 0.25) is 0 Å². The quantitative estimate of drug-likeness (QED) is 0.574. The number of hydrogen-bond donors (Lipinski definition) is 2. The molecule has 3 N–H and O–H groups in total. The van der Waals surface area contributed by atoms with Crippen molar-refractivity contribution in [2.75, 3.05) is 12.5 Å². The number of nitrogens with two attached hydrogens (primary N) is 1. The Bertz CT molecular complexity index is 622. The number of hydrazine groups is 1. The van der Waals surface area contributed by atoms with Gasteiger partial charge in [0.05, 0.1) is 31.7 Å². The summed E-state index contributed by atoms with van der Waals surface area (Å²) in [5.41, 5.74) is 3.38. The number of nitrogen functional groups attached to an aromatic ring is 1. The topological polar surface area (TPSA) is 108 Å². The van der Waals surface area contributed by atoms with Crippen molar-refractivity contribution < 1.29 is 4.74 Å². The molecule has 19 heavy (non-hydrogen) atoms. The zero-order chi connectivity index (χ0) is 13.8. The van der Waals surface area contributed by atoms with Crippen molar-refractivity contribution in [3.63, 3.8) is 0 Å². The van der Waals surface area contributed by atoms with Gasteiger partial charge < -0.3 is 10.2 Å². The summed E-state index contributed by atoms with van der Waals surface area (Å²) in [5.74, 6) is 5.65. The van der Waals surface area contributed by atoms with E-state index in [1.54, 1.807) is 6.92 Å². The van der Waals surface area contributed by atoms with Gasteiger partial charge in [-0.2, -0.15) is 0 Å². The number of nitrogens with one attached hydrogen (secondary N) is 1. The van der Waals surface area contributed by atoms with E-state index in [1.165, 1.54) is 30.1 Å². The maximum absolute atomic E-state index is 11.9. The molecule has 0 saturated carbocycles. The van der Waals surface area contributed by atoms with E-state index >= 15 is 0 Å². The Morgan fingerprint density at radius 3 is 2.79 bits per heavy atom. The van der Waals surface area contributed by atoms with Gasteiger partial charge in [0.1, 0.15) is 0 Å². The first-order valence-electron chi connectivity index (χ1n) is 5.54. The molecule has 2 aromatic rings. The highest BCUT2D eigenvalue weighted by Crippen LogP contribution is 2.07. The minimum absolute atomic E-state index is 0.202. The summed E-state index contributed by atoms with van der Waals surface area (Å²) < 4.78 is 6.48. The van der Waals surface area contributed by atoms with Gasteiger partial charge in [0.25, 0.3) is 11.6 Å². The zero-order valence-electron chi connectivity index (χ0n) is 10.6. The molecule has 0 aliphatic carbocycles. The summed E-state index contributed by atoms with van der Waals surface area (Å²) in [6.45, 7) is 1.96. The summed E-state index contributed by atoms with van der Waals surface area (Å²) in [6.07, 6.45) is 3.01. The highest BCUT2D eigenvalue weighted by Gasteiger charge is 2.09. The predicted molar refractivity (Wildman–Crippen MR) is 68.7 cm³/mol. The van der Waals surface area contributed by atoms with Crippen molar-refractivity contribution in [1.82, 2.24) is 19.5 Å². The third kappa shape index (κ3) is 2.86. The maximum Gasteiger partial charge on any atom is 0.299 e. The SMILES string of the molecule is COc1nc(C)cc(=O)n1Cc1cnc(NN)cn1. The fraction of sp³-hybridized carbons (Fsp3) is 0.273. The minimum Gasteiger partial charge on any atom is -0.468 e. The Labute approximate surface area is 109 Å². The molecule has 0 unspecified atom stereocenters. The summed E-state index contributed by atoms with van der Waals surface area (Å²) in [4.78, 5) is 24.2. The lowest BCUT2D eigenvalue weighted by molar-refractivity contribution is 0.349. The Morgan fingerprint density at radius 2 is 2.21 bits per heavy atom. The van der Waals surface area contributed by atoms with Crippen LogP contribution in [0, 0.1) is 6.92 Å². The molecule has 8 nitrogen and oxygen atoms in total. The van der Waals surface area contributed by atoms with Crippen LogP contribution >= 0.6 is 0 Å². The number of anilines is 1. The third-order valence-corrected chi connectivity index (χ3v) is 2.46. The second kappa shape index (κ2) is 5.44. The lowest BCUT2D eigenvalue weighted by Gasteiger charge is -2.10. The monoisotopic (exact) mass is 262 g/mol. The van der Waals surface area contributed by atoms with Crippen molar-refractivity contribution in [2.45, 2.75) is 13.5 Å². The second-order valence-electron chi connectivity index (χ2n) is 3.85. The van der Waals surface area contributed by atoms with Gasteiger partial charge in [0.2, 0.25) is 0 Å². The molecule has 2 heterocycles. The van der Waals surface area contributed by atoms with E-state index in [2.05, 4.69) is 20.4 Å². The molecular weight excluding hydrogens is 248 g/mol. The summed E-state index contributed by atoms with van der Waals surface area (Å²) in [5, 5.41) is 0. The van der Waals surface area contributed by atoms with E-state index in [0.29, 0.717) is 17.2 Å². The molecule has 8 heteroatoms. The van der Waals surface area contributed by atoms with Crippen molar-refractivity contribution in [2.24, 2.45) is 5.84 Å². The Hall–Kier alpha value is -2.48. The first kappa shape index (κ1) is 13.0. The fourth-order valence-corrected chi connectivity index (χ4v) is 1.57. The smallest absolute Gasteiger partial charge is 0.299 e. The minimum atomic E-state index is -0.202. The molecule has 0 aromatic carbocycles. The predicted octanol–water partition coefficient (Wildman–Crippen LogP) is -0.316. The van der Waals surface area contributed by atoms with Gasteiger partial charge in [-0.25, -0.2) is 15.8 Å². The first-order chi connectivity index (χ1) is 9.13. The molecule has 0 aliphatic heterocycles. The van der Waals surface area contributed by atoms with E-state index in [1.807, 2.05) is 0 Å². The highest BCUT2D eigenvalue weighted by atomic mass is 16.5. The Kier molecular flexibility index (Phi) is 3.71. The summed E-state index contributed by atoms with van der Waals surface area (Å²) in [6, 6.07) is 1.68. The maximum atomic E-state index is 11.9. The number of hydrogen-bond acceptors (Lipinski definition) is 7. The van der Waals surface area contributed by atoms with Crippen LogP contribution in [-0.4, -0.2) is 26.6 Å². The number of aromatic nitrogens is 4. The fourth-order valence-electron chi connectivity index (χ4n) is 1.57. The number of rotatable bonds is 4. The van der Waals surface area contributed by atoms with Gasteiger partial charge in [0.15, 0.2) is 5.82 Å². The van der Waals surface area contributed by atoms with Crippen molar-refractivity contribution in [3.8, 4) is 6.01 Å². The molecule has 2 rings (SSSR count). The molecule has 100 valence electrons. The number of methoxy groups -OCH3 is 1. The van der Waals surface area contributed by atoms with E-state index < -0.39 is 0 Å². The lowest BCUT2D eigenvalue weighted by Crippen LogP contribution is -2.23.